The first kappa shape index (κ1) is 26.1. The quantitative estimate of drug-likeness (QED) is 0.190. The summed E-state index contributed by atoms with van der Waals surface area (Å²) in [5, 5.41) is 0.462. The number of carbonyl (C=O) groups is 2. The van der Waals surface area contributed by atoms with Crippen molar-refractivity contribution in [1.29, 1.82) is 0 Å². The van der Waals surface area contributed by atoms with Gasteiger partial charge in [0.05, 0.1) is 12.7 Å². The van der Waals surface area contributed by atoms with Gasteiger partial charge in [0, 0.05) is 20.0 Å². The number of hydrogen-bond acceptors (Lipinski definition) is 6. The summed E-state index contributed by atoms with van der Waals surface area (Å²) in [6, 6.07) is 15.5. The van der Waals surface area contributed by atoms with Gasteiger partial charge in [0.1, 0.15) is 30.8 Å². The first-order valence-corrected chi connectivity index (χ1v) is 12.4. The summed E-state index contributed by atoms with van der Waals surface area (Å²) >= 11 is 5.37. The lowest BCUT2D eigenvalue weighted by molar-refractivity contribution is -0.146. The van der Waals surface area contributed by atoms with Crippen LogP contribution in [0.25, 0.3) is 0 Å². The van der Waals surface area contributed by atoms with Crippen molar-refractivity contribution >= 4 is 50.5 Å². The highest BCUT2D eigenvalue weighted by Gasteiger charge is 2.24. The molecule has 1 unspecified atom stereocenters. The second-order valence-corrected chi connectivity index (χ2v) is 8.88. The summed E-state index contributed by atoms with van der Waals surface area (Å²) in [6.07, 6.45) is 0. The summed E-state index contributed by atoms with van der Waals surface area (Å²) < 4.78 is 30.7. The lowest BCUT2D eigenvalue weighted by Gasteiger charge is -2.17. The molecule has 0 aromatic heterocycles. The van der Waals surface area contributed by atoms with Crippen molar-refractivity contribution in [2.75, 3.05) is 7.11 Å². The lowest BCUT2D eigenvalue weighted by Crippen LogP contribution is -2.25. The second-order valence-electron chi connectivity index (χ2n) is 7.24. The molecule has 0 bridgehead atoms. The number of nitrogens with two attached hydrogens (primary N) is 1. The van der Waals surface area contributed by atoms with Crippen LogP contribution in [0.3, 0.4) is 0 Å². The number of rotatable bonds is 9. The zero-order valence-electron chi connectivity index (χ0n) is 18.2. The van der Waals surface area contributed by atoms with Crippen molar-refractivity contribution in [2.24, 2.45) is 5.73 Å². The zero-order valence-corrected chi connectivity index (χ0v) is 22.0. The van der Waals surface area contributed by atoms with E-state index in [0.29, 0.717) is 25.8 Å². The van der Waals surface area contributed by atoms with Crippen molar-refractivity contribution in [2.45, 2.75) is 24.6 Å². The molecule has 0 aliphatic rings. The molecule has 2 N–H and O–H groups in total. The minimum Gasteiger partial charge on any atom is -0.489 e. The van der Waals surface area contributed by atoms with E-state index >= 15 is 0 Å². The summed E-state index contributed by atoms with van der Waals surface area (Å²) in [5.41, 5.74) is 8.99. The molecule has 34 heavy (non-hydrogen) atoms. The fourth-order valence-corrected chi connectivity index (χ4v) is 4.57. The van der Waals surface area contributed by atoms with Crippen molar-refractivity contribution < 1.29 is 28.2 Å². The van der Waals surface area contributed by atoms with Crippen molar-refractivity contribution in [3.63, 3.8) is 0 Å². The maximum absolute atomic E-state index is 14.0. The Kier molecular flexibility index (Phi) is 9.43. The molecule has 3 rings (SSSR count). The van der Waals surface area contributed by atoms with E-state index < -0.39 is 23.8 Å². The van der Waals surface area contributed by atoms with Gasteiger partial charge in [0.2, 0.25) is 0 Å². The topological polar surface area (TPSA) is 87.9 Å². The molecule has 0 saturated heterocycles. The van der Waals surface area contributed by atoms with Gasteiger partial charge in [0.25, 0.3) is 0 Å². The summed E-state index contributed by atoms with van der Waals surface area (Å²) in [7, 11) is 1.30. The van der Waals surface area contributed by atoms with E-state index in [4.69, 9.17) is 19.9 Å². The average Bonchev–Trinajstić information content (AvgIpc) is 2.86. The number of hydrogen-bond donors (Lipinski definition) is 1. The van der Waals surface area contributed by atoms with Crippen LogP contribution >= 0.6 is 38.5 Å². The monoisotopic (exact) mass is 641 g/mol. The molecule has 178 valence electrons. The van der Waals surface area contributed by atoms with Crippen LogP contribution in [0.4, 0.5) is 4.39 Å². The zero-order chi connectivity index (χ0) is 24.7. The summed E-state index contributed by atoms with van der Waals surface area (Å²) in [4.78, 5) is 24.9. The third kappa shape index (κ3) is 6.34. The van der Waals surface area contributed by atoms with Gasteiger partial charge in [-0.3, -0.25) is 0 Å². The van der Waals surface area contributed by atoms with E-state index in [2.05, 4.69) is 15.9 Å². The van der Waals surface area contributed by atoms with Crippen molar-refractivity contribution in [1.82, 2.24) is 0 Å². The molecule has 0 heterocycles. The molecule has 0 spiro atoms. The van der Waals surface area contributed by atoms with Gasteiger partial charge in [-0.2, -0.15) is 0 Å². The van der Waals surface area contributed by atoms with Gasteiger partial charge in [-0.15, -0.1) is 0 Å². The second kappa shape index (κ2) is 12.3. The van der Waals surface area contributed by atoms with Crippen molar-refractivity contribution in [3.8, 4) is 5.75 Å². The van der Waals surface area contributed by atoms with Crippen LogP contribution in [0.5, 0.6) is 5.75 Å². The fourth-order valence-electron chi connectivity index (χ4n) is 3.20. The van der Waals surface area contributed by atoms with E-state index in [1.54, 1.807) is 12.1 Å². The maximum Gasteiger partial charge on any atom is 0.339 e. The van der Waals surface area contributed by atoms with Crippen LogP contribution in [0.15, 0.2) is 60.7 Å². The van der Waals surface area contributed by atoms with E-state index in [-0.39, 0.29) is 18.8 Å². The molecule has 0 radical (unpaired) electrons. The summed E-state index contributed by atoms with van der Waals surface area (Å²) in [6.45, 7) is 0.114. The lowest BCUT2D eigenvalue weighted by atomic mass is 10.0. The van der Waals surface area contributed by atoms with Gasteiger partial charge < -0.3 is 19.9 Å². The number of methoxy groups -OCH3 is 1. The Morgan fingerprint density at radius 2 is 1.76 bits per heavy atom. The average molecular weight is 642 g/mol. The molecule has 0 aliphatic carbocycles. The standard InChI is InChI=1S/C25H22BrFINO5/c1-32-24(30)21-16(12-26)7-8-17(22(21)28)14-34-25(31)23(29)19-11-18(27)9-10-20(19)33-13-15-5-3-2-4-6-15/h2-11,23H,12-14,29H2,1H3. The molecule has 3 aromatic rings. The molecule has 0 saturated carbocycles. The van der Waals surface area contributed by atoms with Crippen LogP contribution in [-0.4, -0.2) is 19.0 Å². The van der Waals surface area contributed by atoms with Gasteiger partial charge in [0.15, 0.2) is 0 Å². The Balaban J connectivity index is 1.75. The minimum absolute atomic E-state index is 0.118. The minimum atomic E-state index is -1.26. The number of benzene rings is 3. The molecule has 0 aliphatic heterocycles. The number of esters is 2. The largest absolute Gasteiger partial charge is 0.489 e. The third-order valence-electron chi connectivity index (χ3n) is 5.01. The van der Waals surface area contributed by atoms with E-state index in [1.807, 2.05) is 52.9 Å². The van der Waals surface area contributed by atoms with Crippen LogP contribution in [0.1, 0.15) is 38.7 Å². The number of halogens is 3. The predicted octanol–water partition coefficient (Wildman–Crippen LogP) is 5.43. The van der Waals surface area contributed by atoms with Crippen LogP contribution in [-0.2, 0) is 32.8 Å². The molecular formula is C25H22BrFINO5. The number of carbonyl (C=O) groups excluding carboxylic acids is 2. The Labute approximate surface area is 218 Å². The third-order valence-corrected chi connectivity index (χ3v) is 6.85. The molecule has 0 amide bonds. The summed E-state index contributed by atoms with van der Waals surface area (Å²) in [5.74, 6) is -1.49. The number of ether oxygens (including phenoxy) is 3. The highest BCUT2D eigenvalue weighted by molar-refractivity contribution is 14.1. The molecule has 0 fully saturated rings. The van der Waals surface area contributed by atoms with E-state index in [0.717, 1.165) is 17.2 Å². The molecule has 9 heteroatoms. The molecule has 1 atom stereocenters. The SMILES string of the molecule is COC(=O)c1c(CBr)ccc(COC(=O)C(N)c2cc(F)ccc2OCc2ccccc2)c1I. The van der Waals surface area contributed by atoms with Gasteiger partial charge >= 0.3 is 11.9 Å². The van der Waals surface area contributed by atoms with Gasteiger partial charge in [-0.1, -0.05) is 58.4 Å². The van der Waals surface area contributed by atoms with Crippen LogP contribution in [0.2, 0.25) is 0 Å². The number of alkyl halides is 1. The van der Waals surface area contributed by atoms with Gasteiger partial charge in [-0.25, -0.2) is 14.0 Å². The Morgan fingerprint density at radius 1 is 1.06 bits per heavy atom. The highest BCUT2D eigenvalue weighted by Crippen LogP contribution is 2.28. The Morgan fingerprint density at radius 3 is 2.44 bits per heavy atom. The fraction of sp³-hybridized carbons (Fsp3) is 0.200. The smallest absolute Gasteiger partial charge is 0.339 e. The maximum atomic E-state index is 14.0. The first-order valence-electron chi connectivity index (χ1n) is 10.2. The Hall–Kier alpha value is -2.50. The normalized spacial score (nSPS) is 11.6. The molecular weight excluding hydrogens is 620 g/mol. The Bertz CT molecular complexity index is 1180. The van der Waals surface area contributed by atoms with E-state index in [1.165, 1.54) is 19.2 Å². The predicted molar refractivity (Wildman–Crippen MR) is 137 cm³/mol. The highest BCUT2D eigenvalue weighted by atomic mass is 127. The molecule has 3 aromatic carbocycles. The van der Waals surface area contributed by atoms with Crippen LogP contribution in [0, 0.1) is 9.39 Å². The van der Waals surface area contributed by atoms with Crippen molar-refractivity contribution in [3.05, 3.63) is 97.9 Å². The molecule has 6 nitrogen and oxygen atoms in total. The van der Waals surface area contributed by atoms with E-state index in [9.17, 15) is 14.0 Å². The first-order chi connectivity index (χ1) is 16.3. The van der Waals surface area contributed by atoms with Gasteiger partial charge in [-0.05, 0) is 51.9 Å². The van der Waals surface area contributed by atoms with Crippen LogP contribution < -0.4 is 10.5 Å².